The number of nitrogens with one attached hydrogen (secondary N) is 1. The van der Waals surface area contributed by atoms with E-state index in [1.165, 1.54) is 23.2 Å². The van der Waals surface area contributed by atoms with Gasteiger partial charge in [0, 0.05) is 11.7 Å². The van der Waals surface area contributed by atoms with Crippen LogP contribution < -0.4 is 5.32 Å². The molecular weight excluding hydrogens is 248 g/mol. The fraction of sp³-hybridized carbons (Fsp3) is 0.462. The molecule has 1 aromatic heterocycles. The summed E-state index contributed by atoms with van der Waals surface area (Å²) in [6.07, 6.45) is 4.84. The van der Waals surface area contributed by atoms with Crippen molar-refractivity contribution < 1.29 is 0 Å². The van der Waals surface area contributed by atoms with Gasteiger partial charge in [0.25, 0.3) is 0 Å². The van der Waals surface area contributed by atoms with Crippen LogP contribution in [0.3, 0.4) is 0 Å². The molecule has 1 N–H and O–H groups in total. The van der Waals surface area contributed by atoms with E-state index >= 15 is 0 Å². The topological polar surface area (TPSA) is 24.9 Å². The van der Waals surface area contributed by atoms with Gasteiger partial charge >= 0.3 is 0 Å². The van der Waals surface area contributed by atoms with Crippen molar-refractivity contribution in [3.63, 3.8) is 0 Å². The van der Waals surface area contributed by atoms with Gasteiger partial charge in [-0.3, -0.25) is 0 Å². The zero-order chi connectivity index (χ0) is 11.8. The second kappa shape index (κ2) is 4.50. The molecule has 3 rings (SSSR count). The van der Waals surface area contributed by atoms with E-state index in [0.29, 0.717) is 6.04 Å². The van der Waals surface area contributed by atoms with E-state index in [9.17, 15) is 0 Å². The molecule has 1 saturated carbocycles. The minimum absolute atomic E-state index is 0.598. The zero-order valence-corrected chi connectivity index (χ0v) is 11.7. The van der Waals surface area contributed by atoms with E-state index in [1.54, 1.807) is 23.1 Å². The van der Waals surface area contributed by atoms with Gasteiger partial charge in [-0.25, -0.2) is 4.98 Å². The molecule has 1 atom stereocenters. The molecule has 1 aliphatic carbocycles. The van der Waals surface area contributed by atoms with E-state index in [2.05, 4.69) is 41.7 Å². The van der Waals surface area contributed by atoms with E-state index in [4.69, 9.17) is 0 Å². The maximum atomic E-state index is 4.55. The van der Waals surface area contributed by atoms with Gasteiger partial charge in [-0.15, -0.1) is 11.3 Å². The van der Waals surface area contributed by atoms with Crippen LogP contribution in [-0.2, 0) is 0 Å². The molecule has 1 heterocycles. The average molecular weight is 264 g/mol. The van der Waals surface area contributed by atoms with Crippen LogP contribution in [0.15, 0.2) is 22.5 Å². The highest BCUT2D eigenvalue weighted by molar-refractivity contribution is 8.00. The molecule has 0 amide bonds. The van der Waals surface area contributed by atoms with Crippen LogP contribution in [0.25, 0.3) is 10.2 Å². The maximum Gasteiger partial charge on any atom is 0.150 e. The Labute approximate surface area is 110 Å². The Balaban J connectivity index is 1.84. The fourth-order valence-electron chi connectivity index (χ4n) is 2.06. The summed E-state index contributed by atoms with van der Waals surface area (Å²) in [7, 11) is 0. The highest BCUT2D eigenvalue weighted by Crippen LogP contribution is 2.35. The highest BCUT2D eigenvalue weighted by Gasteiger charge is 2.27. The number of aromatic nitrogens is 1. The summed E-state index contributed by atoms with van der Waals surface area (Å²) in [4.78, 5) is 4.55. The molecule has 2 nitrogen and oxygen atoms in total. The smallest absolute Gasteiger partial charge is 0.150 e. The second-order valence-electron chi connectivity index (χ2n) is 4.64. The summed E-state index contributed by atoms with van der Waals surface area (Å²) < 4.78 is 2.43. The number of nitrogens with zero attached hydrogens (tertiary/aromatic N) is 1. The van der Waals surface area contributed by atoms with Gasteiger partial charge in [-0.2, -0.15) is 0 Å². The molecule has 2 aromatic rings. The number of rotatable bonds is 4. The lowest BCUT2D eigenvalue weighted by Crippen LogP contribution is -2.16. The molecule has 0 bridgehead atoms. The molecule has 0 aliphatic heterocycles. The van der Waals surface area contributed by atoms with E-state index in [-0.39, 0.29) is 0 Å². The van der Waals surface area contributed by atoms with Crippen LogP contribution in [0.2, 0.25) is 0 Å². The van der Waals surface area contributed by atoms with Crippen LogP contribution in [-0.4, -0.2) is 17.3 Å². The van der Waals surface area contributed by atoms with Crippen LogP contribution in [0.4, 0.5) is 5.69 Å². The lowest BCUT2D eigenvalue weighted by atomic mass is 10.2. The van der Waals surface area contributed by atoms with Gasteiger partial charge in [0.15, 0.2) is 4.34 Å². The lowest BCUT2D eigenvalue weighted by molar-refractivity contribution is 0.694. The molecule has 17 heavy (non-hydrogen) atoms. The van der Waals surface area contributed by atoms with Crippen LogP contribution in [0.1, 0.15) is 19.8 Å². The number of hydrogen-bond acceptors (Lipinski definition) is 4. The molecule has 4 heteroatoms. The van der Waals surface area contributed by atoms with Gasteiger partial charge in [0.1, 0.15) is 0 Å². The predicted octanol–water partition coefficient (Wildman–Crippen LogP) is 4.23. The van der Waals surface area contributed by atoms with Gasteiger partial charge < -0.3 is 5.32 Å². The average Bonchev–Trinajstić information content (AvgIpc) is 3.09. The van der Waals surface area contributed by atoms with E-state index < -0.39 is 0 Å². The molecule has 90 valence electrons. The van der Waals surface area contributed by atoms with Gasteiger partial charge in [-0.05, 0) is 50.1 Å². The summed E-state index contributed by atoms with van der Waals surface area (Å²) in [6, 6.07) is 7.09. The zero-order valence-electron chi connectivity index (χ0n) is 10.1. The molecule has 0 saturated heterocycles. The largest absolute Gasteiger partial charge is 0.382 e. The first-order valence-corrected chi connectivity index (χ1v) is 8.01. The Morgan fingerprint density at radius 1 is 1.47 bits per heavy atom. The molecule has 0 spiro atoms. The van der Waals surface area contributed by atoms with Crippen molar-refractivity contribution in [3.05, 3.63) is 18.2 Å². The number of hydrogen-bond donors (Lipinski definition) is 1. The van der Waals surface area contributed by atoms with Gasteiger partial charge in [-0.1, -0.05) is 11.8 Å². The third kappa shape index (κ3) is 2.43. The first kappa shape index (κ1) is 11.4. The first-order chi connectivity index (χ1) is 8.26. The molecular formula is C13H16N2S2. The number of thiazole rings is 1. The summed E-state index contributed by atoms with van der Waals surface area (Å²) in [6.45, 7) is 2.28. The van der Waals surface area contributed by atoms with Crippen LogP contribution in [0.5, 0.6) is 0 Å². The van der Waals surface area contributed by atoms with Gasteiger partial charge in [0.2, 0.25) is 0 Å². The van der Waals surface area contributed by atoms with Crippen molar-refractivity contribution in [2.75, 3.05) is 11.6 Å². The third-order valence-corrected chi connectivity index (χ3v) is 5.27. The molecule has 0 radical (unpaired) electrons. The number of benzene rings is 1. The van der Waals surface area contributed by atoms with Crippen molar-refractivity contribution in [2.45, 2.75) is 30.1 Å². The number of anilines is 1. The number of fused-ring (bicyclic) bond motifs is 1. The summed E-state index contributed by atoms with van der Waals surface area (Å²) in [5, 5.41) is 3.60. The standard InChI is InChI=1S/C13H16N2S2/c1-8(9-3-4-9)14-10-5-6-11-12(7-10)17-13(15-11)16-2/h5-9,14H,3-4H2,1-2H3. The third-order valence-electron chi connectivity index (χ3n) is 3.27. The van der Waals surface area contributed by atoms with Crippen molar-refractivity contribution in [1.82, 2.24) is 4.98 Å². The Kier molecular flexibility index (Phi) is 3.01. The molecule has 1 aromatic carbocycles. The van der Waals surface area contributed by atoms with E-state index in [0.717, 1.165) is 15.8 Å². The normalized spacial score (nSPS) is 17.3. The van der Waals surface area contributed by atoms with Crippen LogP contribution in [0, 0.1) is 5.92 Å². The van der Waals surface area contributed by atoms with Gasteiger partial charge in [0.05, 0.1) is 10.2 Å². The molecule has 1 fully saturated rings. The summed E-state index contributed by atoms with van der Waals surface area (Å²) in [5.74, 6) is 0.883. The Hall–Kier alpha value is -0.740. The SMILES string of the molecule is CSc1nc2ccc(NC(C)C3CC3)cc2s1. The molecule has 1 aliphatic rings. The number of thioether (sulfide) groups is 1. The predicted molar refractivity (Wildman–Crippen MR) is 77.2 cm³/mol. The van der Waals surface area contributed by atoms with Crippen molar-refractivity contribution in [1.29, 1.82) is 0 Å². The van der Waals surface area contributed by atoms with Crippen molar-refractivity contribution in [2.24, 2.45) is 5.92 Å². The Bertz CT molecular complexity index is 531. The first-order valence-electron chi connectivity index (χ1n) is 5.97. The monoisotopic (exact) mass is 264 g/mol. The summed E-state index contributed by atoms with van der Waals surface area (Å²) >= 11 is 3.49. The fourth-order valence-corrected chi connectivity index (χ4v) is 3.59. The highest BCUT2D eigenvalue weighted by atomic mass is 32.2. The maximum absolute atomic E-state index is 4.55. The van der Waals surface area contributed by atoms with E-state index in [1.807, 2.05) is 0 Å². The van der Waals surface area contributed by atoms with Crippen LogP contribution >= 0.6 is 23.1 Å². The summed E-state index contributed by atoms with van der Waals surface area (Å²) in [5.41, 5.74) is 2.34. The second-order valence-corrected chi connectivity index (χ2v) is 6.72. The lowest BCUT2D eigenvalue weighted by Gasteiger charge is -2.13. The minimum atomic E-state index is 0.598. The Morgan fingerprint density at radius 2 is 2.29 bits per heavy atom. The molecule has 1 unspecified atom stereocenters. The quantitative estimate of drug-likeness (QED) is 0.837. The van der Waals surface area contributed by atoms with Crippen molar-refractivity contribution in [3.8, 4) is 0 Å². The minimum Gasteiger partial charge on any atom is -0.382 e. The Morgan fingerprint density at radius 3 is 3.00 bits per heavy atom. The van der Waals surface area contributed by atoms with Crippen molar-refractivity contribution >= 4 is 39.0 Å².